The number of hydrogen-bond donors (Lipinski definition) is 0. The van der Waals surface area contributed by atoms with Crippen molar-refractivity contribution in [1.29, 1.82) is 0 Å². The van der Waals surface area contributed by atoms with Gasteiger partial charge in [-0.1, -0.05) is 154 Å². The molecule has 0 spiro atoms. The lowest BCUT2D eigenvalue weighted by Gasteiger charge is -2.14. The molecule has 0 aliphatic rings. The van der Waals surface area contributed by atoms with Gasteiger partial charge in [-0.15, -0.1) is 0 Å². The molecule has 0 aromatic rings. The van der Waals surface area contributed by atoms with Crippen molar-refractivity contribution in [3.05, 3.63) is 0 Å². The quantitative estimate of drug-likeness (QED) is 0.0319. The van der Waals surface area contributed by atoms with E-state index in [1.165, 1.54) is 156 Å². The van der Waals surface area contributed by atoms with Crippen LogP contribution in [0.1, 0.15) is 173 Å². The van der Waals surface area contributed by atoms with Gasteiger partial charge in [0.2, 0.25) is 0 Å². The van der Waals surface area contributed by atoms with Crippen LogP contribution in [0.25, 0.3) is 0 Å². The van der Waals surface area contributed by atoms with Gasteiger partial charge in [0, 0.05) is 19.3 Å². The number of methoxy groups -OCH3 is 3. The predicted molar refractivity (Wildman–Crippen MR) is 181 cm³/mol. The average Bonchev–Trinajstić information content (AvgIpc) is 3.02. The molecule has 0 amide bonds. The maximum Gasteiger partial charge on any atom is 0.305 e. The molecule has 0 aromatic heterocycles. The van der Waals surface area contributed by atoms with Crippen LogP contribution in [0.2, 0.25) is 19.0 Å². The van der Waals surface area contributed by atoms with E-state index in [1.807, 2.05) is 0 Å². The standard InChI is InChI=1S/C36H69BO6/c1-41-34(38)28-22-16-10-4-7-13-19-25-31-37(32-26-20-14-8-5-11-17-23-29-35(39)42-2)33-27-21-15-9-6-12-18-24-30-36(40)43-3/h4-33H2,1-3H3. The van der Waals surface area contributed by atoms with Crippen molar-refractivity contribution in [2.24, 2.45) is 0 Å². The van der Waals surface area contributed by atoms with E-state index >= 15 is 0 Å². The first-order valence-electron chi connectivity index (χ1n) is 18.2. The number of ether oxygens (including phenoxy) is 3. The molecular formula is C36H69BO6. The molecule has 0 saturated carbocycles. The third kappa shape index (κ3) is 31.7. The van der Waals surface area contributed by atoms with Gasteiger partial charge >= 0.3 is 17.9 Å². The van der Waals surface area contributed by atoms with Gasteiger partial charge in [0.15, 0.2) is 0 Å². The fourth-order valence-electron chi connectivity index (χ4n) is 6.03. The third-order valence-corrected chi connectivity index (χ3v) is 8.91. The van der Waals surface area contributed by atoms with E-state index in [0.29, 0.717) is 19.3 Å². The van der Waals surface area contributed by atoms with Gasteiger partial charge in [-0.05, 0) is 19.3 Å². The lowest BCUT2D eigenvalue weighted by molar-refractivity contribution is -0.141. The minimum absolute atomic E-state index is 0.0808. The first-order chi connectivity index (χ1) is 21.0. The zero-order chi connectivity index (χ0) is 31.6. The highest BCUT2D eigenvalue weighted by molar-refractivity contribution is 6.58. The Kier molecular flexibility index (Phi) is 32.2. The fourth-order valence-corrected chi connectivity index (χ4v) is 6.03. The highest BCUT2D eigenvalue weighted by Gasteiger charge is 2.13. The highest BCUT2D eigenvalue weighted by Crippen LogP contribution is 2.21. The summed E-state index contributed by atoms with van der Waals surface area (Å²) < 4.78 is 14.1. The van der Waals surface area contributed by atoms with Crippen LogP contribution >= 0.6 is 0 Å². The number of carbonyl (C=O) groups is 3. The molecule has 0 aliphatic carbocycles. The number of hydrogen-bond acceptors (Lipinski definition) is 6. The number of unbranched alkanes of at least 4 members (excludes halogenated alkanes) is 21. The maximum atomic E-state index is 11.2. The third-order valence-electron chi connectivity index (χ3n) is 8.91. The Labute approximate surface area is 266 Å². The van der Waals surface area contributed by atoms with E-state index in [1.54, 1.807) is 0 Å². The van der Waals surface area contributed by atoms with Gasteiger partial charge in [-0.25, -0.2) is 0 Å². The summed E-state index contributed by atoms with van der Waals surface area (Å²) in [7, 11) is 4.40. The molecule has 43 heavy (non-hydrogen) atoms. The number of esters is 3. The van der Waals surface area contributed by atoms with Crippen LogP contribution in [0.3, 0.4) is 0 Å². The molecule has 0 heterocycles. The van der Waals surface area contributed by atoms with Crippen molar-refractivity contribution < 1.29 is 28.6 Å². The van der Waals surface area contributed by atoms with Crippen molar-refractivity contribution in [3.8, 4) is 0 Å². The summed E-state index contributed by atoms with van der Waals surface area (Å²) in [5.41, 5.74) is 0. The second-order valence-electron chi connectivity index (χ2n) is 12.7. The molecule has 0 radical (unpaired) electrons. The van der Waals surface area contributed by atoms with Crippen LogP contribution in [-0.4, -0.2) is 46.0 Å². The molecule has 0 fully saturated rings. The zero-order valence-corrected chi connectivity index (χ0v) is 28.7. The van der Waals surface area contributed by atoms with Crippen LogP contribution < -0.4 is 0 Å². The lowest BCUT2D eigenvalue weighted by Crippen LogP contribution is -2.12. The van der Waals surface area contributed by atoms with E-state index in [-0.39, 0.29) is 17.9 Å². The molecule has 0 rings (SSSR count). The molecule has 0 aromatic carbocycles. The van der Waals surface area contributed by atoms with E-state index in [4.69, 9.17) is 14.2 Å². The monoisotopic (exact) mass is 609 g/mol. The summed E-state index contributed by atoms with van der Waals surface area (Å²) in [5, 5.41) is 0. The average molecular weight is 609 g/mol. The van der Waals surface area contributed by atoms with E-state index < -0.39 is 0 Å². The summed E-state index contributed by atoms with van der Waals surface area (Å²) in [6.07, 6.45) is 36.1. The molecule has 0 unspecified atom stereocenters. The molecule has 6 nitrogen and oxygen atoms in total. The molecule has 0 bridgehead atoms. The Morgan fingerprint density at radius 1 is 0.326 bits per heavy atom. The Morgan fingerprint density at radius 3 is 0.721 bits per heavy atom. The molecule has 0 atom stereocenters. The van der Waals surface area contributed by atoms with Gasteiger partial charge in [-0.2, -0.15) is 0 Å². The molecule has 0 aliphatic heterocycles. The van der Waals surface area contributed by atoms with Gasteiger partial charge in [0.1, 0.15) is 6.71 Å². The van der Waals surface area contributed by atoms with Gasteiger partial charge in [0.05, 0.1) is 21.3 Å². The minimum atomic E-state index is -0.0808. The van der Waals surface area contributed by atoms with Crippen molar-refractivity contribution in [2.45, 2.75) is 192 Å². The SMILES string of the molecule is COC(=O)CCCCCCCCCCB(CCCCCCCCCCC(=O)OC)CCCCCCCCCCC(=O)OC. The van der Waals surface area contributed by atoms with Crippen LogP contribution in [-0.2, 0) is 28.6 Å². The lowest BCUT2D eigenvalue weighted by atomic mass is 9.41. The summed E-state index contributed by atoms with van der Waals surface area (Å²) in [6.45, 7) is 0.898. The zero-order valence-electron chi connectivity index (χ0n) is 28.7. The van der Waals surface area contributed by atoms with Crippen LogP contribution in [0.15, 0.2) is 0 Å². The number of rotatable bonds is 33. The van der Waals surface area contributed by atoms with Crippen LogP contribution in [0.4, 0.5) is 0 Å². The van der Waals surface area contributed by atoms with E-state index in [9.17, 15) is 14.4 Å². The molecule has 0 N–H and O–H groups in total. The highest BCUT2D eigenvalue weighted by atomic mass is 16.5. The summed E-state index contributed by atoms with van der Waals surface area (Å²) in [6, 6.07) is 0. The first-order valence-corrected chi connectivity index (χ1v) is 18.2. The largest absolute Gasteiger partial charge is 0.469 e. The molecule has 7 heteroatoms. The Hall–Kier alpha value is -1.53. The molecule has 252 valence electrons. The molecule has 0 saturated heterocycles. The van der Waals surface area contributed by atoms with Crippen molar-refractivity contribution in [3.63, 3.8) is 0 Å². The summed E-state index contributed by atoms with van der Waals surface area (Å²) in [5.74, 6) is -0.242. The Balaban J connectivity index is 4.00. The maximum absolute atomic E-state index is 11.2. The predicted octanol–water partition coefficient (Wildman–Crippen LogP) is 10.5. The van der Waals surface area contributed by atoms with E-state index in [2.05, 4.69) is 0 Å². The first kappa shape index (κ1) is 41.5. The second-order valence-corrected chi connectivity index (χ2v) is 12.7. The molecular weight excluding hydrogens is 539 g/mol. The fraction of sp³-hybridized carbons (Fsp3) is 0.917. The topological polar surface area (TPSA) is 78.9 Å². The van der Waals surface area contributed by atoms with Crippen molar-refractivity contribution in [2.75, 3.05) is 21.3 Å². The Morgan fingerprint density at radius 2 is 0.512 bits per heavy atom. The normalized spacial score (nSPS) is 11.0. The summed E-state index contributed by atoms with van der Waals surface area (Å²) >= 11 is 0. The van der Waals surface area contributed by atoms with Crippen LogP contribution in [0, 0.1) is 0 Å². The van der Waals surface area contributed by atoms with Gasteiger partial charge in [-0.3, -0.25) is 14.4 Å². The number of carbonyl (C=O) groups excluding carboxylic acids is 3. The van der Waals surface area contributed by atoms with Gasteiger partial charge < -0.3 is 14.2 Å². The Bertz CT molecular complexity index is 556. The second kappa shape index (κ2) is 33.4. The smallest absolute Gasteiger partial charge is 0.305 e. The van der Waals surface area contributed by atoms with Gasteiger partial charge in [0.25, 0.3) is 0 Å². The van der Waals surface area contributed by atoms with E-state index in [0.717, 1.165) is 45.2 Å². The van der Waals surface area contributed by atoms with Crippen molar-refractivity contribution >= 4 is 24.6 Å². The summed E-state index contributed by atoms with van der Waals surface area (Å²) in [4.78, 5) is 33.6. The van der Waals surface area contributed by atoms with Crippen LogP contribution in [0.5, 0.6) is 0 Å². The minimum Gasteiger partial charge on any atom is -0.469 e. The van der Waals surface area contributed by atoms with Crippen molar-refractivity contribution in [1.82, 2.24) is 0 Å².